The number of benzene rings is 1. The zero-order chi connectivity index (χ0) is 12.2. The molecule has 1 aromatic carbocycles. The Bertz CT molecular complexity index is 421. The van der Waals surface area contributed by atoms with Gasteiger partial charge < -0.3 is 0 Å². The molecule has 4 heteroatoms. The Hall–Kier alpha value is -0.870. The monoisotopic (exact) mass is 241 g/mol. The molecule has 0 aromatic heterocycles. The predicted octanol–water partition coefficient (Wildman–Crippen LogP) is 2.25. The van der Waals surface area contributed by atoms with Crippen LogP contribution in [0.15, 0.2) is 24.3 Å². The normalized spacial score (nSPS) is 12.0. The lowest BCUT2D eigenvalue weighted by molar-refractivity contribution is 0.583. The van der Waals surface area contributed by atoms with E-state index >= 15 is 0 Å². The molecule has 1 rings (SSSR count). The van der Waals surface area contributed by atoms with E-state index in [0.29, 0.717) is 12.5 Å². The van der Waals surface area contributed by atoms with Crippen LogP contribution in [-0.4, -0.2) is 15.0 Å². The molecule has 0 amide bonds. The van der Waals surface area contributed by atoms with Crippen molar-refractivity contribution in [2.75, 3.05) is 6.54 Å². The minimum atomic E-state index is -3.17. The highest BCUT2D eigenvalue weighted by Crippen LogP contribution is 2.15. The molecule has 0 spiro atoms. The lowest BCUT2D eigenvalue weighted by Crippen LogP contribution is -2.24. The van der Waals surface area contributed by atoms with Crippen LogP contribution in [-0.2, 0) is 15.8 Å². The summed E-state index contributed by atoms with van der Waals surface area (Å²) >= 11 is 0. The third kappa shape index (κ3) is 3.94. The van der Waals surface area contributed by atoms with E-state index in [-0.39, 0.29) is 5.75 Å². The fourth-order valence-electron chi connectivity index (χ4n) is 1.49. The third-order valence-electron chi connectivity index (χ3n) is 2.37. The maximum absolute atomic E-state index is 11.5. The van der Waals surface area contributed by atoms with Crippen LogP contribution < -0.4 is 4.72 Å². The van der Waals surface area contributed by atoms with Gasteiger partial charge in [-0.3, -0.25) is 0 Å². The van der Waals surface area contributed by atoms with Crippen LogP contribution in [0.1, 0.15) is 37.8 Å². The summed E-state index contributed by atoms with van der Waals surface area (Å²) in [6, 6.07) is 7.73. The maximum atomic E-state index is 11.5. The minimum Gasteiger partial charge on any atom is -0.215 e. The van der Waals surface area contributed by atoms with Gasteiger partial charge in [-0.25, -0.2) is 13.1 Å². The lowest BCUT2D eigenvalue weighted by Gasteiger charge is -2.07. The van der Waals surface area contributed by atoms with Gasteiger partial charge in [0.25, 0.3) is 0 Å². The van der Waals surface area contributed by atoms with E-state index in [9.17, 15) is 8.42 Å². The topological polar surface area (TPSA) is 46.2 Å². The molecule has 0 aliphatic carbocycles. The van der Waals surface area contributed by atoms with Crippen LogP contribution in [0.5, 0.6) is 0 Å². The van der Waals surface area contributed by atoms with Crippen LogP contribution in [0.3, 0.4) is 0 Å². The summed E-state index contributed by atoms with van der Waals surface area (Å²) in [5.41, 5.74) is 2.05. The van der Waals surface area contributed by atoms with Gasteiger partial charge in [0.15, 0.2) is 0 Å². The molecule has 0 fully saturated rings. The Kier molecular flexibility index (Phi) is 4.50. The van der Waals surface area contributed by atoms with Crippen molar-refractivity contribution in [1.29, 1.82) is 0 Å². The van der Waals surface area contributed by atoms with Crippen molar-refractivity contribution in [3.05, 3.63) is 35.4 Å². The highest BCUT2D eigenvalue weighted by Gasteiger charge is 2.09. The average molecular weight is 241 g/mol. The third-order valence-corrected chi connectivity index (χ3v) is 3.81. The van der Waals surface area contributed by atoms with Crippen LogP contribution in [0, 0.1) is 0 Å². The molecule has 0 saturated heterocycles. The molecule has 0 aliphatic heterocycles. The first kappa shape index (κ1) is 13.2. The Morgan fingerprint density at radius 3 is 2.19 bits per heavy atom. The van der Waals surface area contributed by atoms with E-state index in [4.69, 9.17) is 0 Å². The molecule has 0 bridgehead atoms. The van der Waals surface area contributed by atoms with Crippen LogP contribution in [0.2, 0.25) is 0 Å². The Labute approximate surface area is 97.9 Å². The van der Waals surface area contributed by atoms with Gasteiger partial charge in [-0.05, 0) is 17.0 Å². The Morgan fingerprint density at radius 1 is 1.19 bits per heavy atom. The second kappa shape index (κ2) is 5.46. The van der Waals surface area contributed by atoms with E-state index < -0.39 is 10.0 Å². The molecule has 0 heterocycles. The number of rotatable bonds is 5. The van der Waals surface area contributed by atoms with Crippen molar-refractivity contribution in [2.24, 2.45) is 0 Å². The largest absolute Gasteiger partial charge is 0.215 e. The summed E-state index contributed by atoms with van der Waals surface area (Å²) in [6.07, 6.45) is 0. The summed E-state index contributed by atoms with van der Waals surface area (Å²) in [7, 11) is -3.17. The van der Waals surface area contributed by atoms with Gasteiger partial charge in [0, 0.05) is 6.54 Å². The zero-order valence-electron chi connectivity index (χ0n) is 10.0. The van der Waals surface area contributed by atoms with Crippen molar-refractivity contribution in [3.63, 3.8) is 0 Å². The molecule has 3 nitrogen and oxygen atoms in total. The smallest absolute Gasteiger partial charge is 0.215 e. The predicted molar refractivity (Wildman–Crippen MR) is 66.8 cm³/mol. The SMILES string of the molecule is CCNS(=O)(=O)Cc1ccc(C(C)C)cc1. The molecule has 0 saturated carbocycles. The molecular formula is C12H19NO2S. The van der Waals surface area contributed by atoms with Crippen molar-refractivity contribution in [2.45, 2.75) is 32.4 Å². The fraction of sp³-hybridized carbons (Fsp3) is 0.500. The summed E-state index contributed by atoms with van der Waals surface area (Å²) in [5, 5.41) is 0. The van der Waals surface area contributed by atoms with Gasteiger partial charge in [0.05, 0.1) is 5.75 Å². The van der Waals surface area contributed by atoms with Gasteiger partial charge in [0.2, 0.25) is 10.0 Å². The Balaban J connectivity index is 2.76. The number of nitrogens with one attached hydrogen (secondary N) is 1. The highest BCUT2D eigenvalue weighted by atomic mass is 32.2. The standard InChI is InChI=1S/C12H19NO2S/c1-4-13-16(14,15)9-11-5-7-12(8-6-11)10(2)3/h5-8,10,13H,4,9H2,1-3H3. The summed E-state index contributed by atoms with van der Waals surface area (Å²) in [4.78, 5) is 0. The van der Waals surface area contributed by atoms with Gasteiger partial charge in [0.1, 0.15) is 0 Å². The fourth-order valence-corrected chi connectivity index (χ4v) is 2.66. The van der Waals surface area contributed by atoms with Crippen molar-refractivity contribution in [1.82, 2.24) is 4.72 Å². The molecule has 16 heavy (non-hydrogen) atoms. The highest BCUT2D eigenvalue weighted by molar-refractivity contribution is 7.88. The molecule has 0 aliphatic rings. The first-order valence-corrected chi connectivity index (χ1v) is 7.16. The molecule has 1 N–H and O–H groups in total. The van der Waals surface area contributed by atoms with Crippen molar-refractivity contribution in [3.8, 4) is 0 Å². The molecular weight excluding hydrogens is 222 g/mol. The van der Waals surface area contributed by atoms with E-state index in [1.54, 1.807) is 6.92 Å². The number of sulfonamides is 1. The van der Waals surface area contributed by atoms with Crippen LogP contribution >= 0.6 is 0 Å². The zero-order valence-corrected chi connectivity index (χ0v) is 10.8. The minimum absolute atomic E-state index is 0.0548. The van der Waals surface area contributed by atoms with Gasteiger partial charge in [-0.2, -0.15) is 0 Å². The van der Waals surface area contributed by atoms with E-state index in [1.165, 1.54) is 5.56 Å². The Morgan fingerprint density at radius 2 is 1.75 bits per heavy atom. The molecule has 0 radical (unpaired) electrons. The van der Waals surface area contributed by atoms with E-state index in [1.807, 2.05) is 24.3 Å². The number of hydrogen-bond acceptors (Lipinski definition) is 2. The van der Waals surface area contributed by atoms with E-state index in [0.717, 1.165) is 5.56 Å². The second-order valence-corrected chi connectivity index (χ2v) is 5.96. The van der Waals surface area contributed by atoms with Crippen molar-refractivity contribution >= 4 is 10.0 Å². The second-order valence-electron chi connectivity index (χ2n) is 4.15. The molecule has 0 atom stereocenters. The lowest BCUT2D eigenvalue weighted by atomic mass is 10.0. The summed E-state index contributed by atoms with van der Waals surface area (Å²) < 4.78 is 25.5. The molecule has 1 aromatic rings. The molecule has 90 valence electrons. The van der Waals surface area contributed by atoms with Crippen molar-refractivity contribution < 1.29 is 8.42 Å². The average Bonchev–Trinajstić information content (AvgIpc) is 2.17. The first-order chi connectivity index (χ1) is 7.44. The van der Waals surface area contributed by atoms with E-state index in [2.05, 4.69) is 18.6 Å². The van der Waals surface area contributed by atoms with Gasteiger partial charge in [-0.15, -0.1) is 0 Å². The molecule has 0 unspecified atom stereocenters. The van der Waals surface area contributed by atoms with Crippen LogP contribution in [0.25, 0.3) is 0 Å². The number of hydrogen-bond donors (Lipinski definition) is 1. The summed E-state index contributed by atoms with van der Waals surface area (Å²) in [6.45, 7) is 6.45. The van der Waals surface area contributed by atoms with Gasteiger partial charge >= 0.3 is 0 Å². The van der Waals surface area contributed by atoms with Gasteiger partial charge in [-0.1, -0.05) is 45.0 Å². The first-order valence-electron chi connectivity index (χ1n) is 5.51. The van der Waals surface area contributed by atoms with Crippen LogP contribution in [0.4, 0.5) is 0 Å². The quantitative estimate of drug-likeness (QED) is 0.859. The summed E-state index contributed by atoms with van der Waals surface area (Å²) in [5.74, 6) is 0.526. The maximum Gasteiger partial charge on any atom is 0.215 e.